The van der Waals surface area contributed by atoms with Gasteiger partial charge in [0.1, 0.15) is 0 Å². The molecule has 0 aliphatic carbocycles. The van der Waals surface area contributed by atoms with Crippen LogP contribution in [0.15, 0.2) is 24.3 Å². The van der Waals surface area contributed by atoms with Gasteiger partial charge in [0, 0.05) is 13.1 Å². The van der Waals surface area contributed by atoms with Gasteiger partial charge in [-0.3, -0.25) is 0 Å². The van der Waals surface area contributed by atoms with Crippen molar-refractivity contribution in [3.8, 4) is 0 Å². The molecular weight excluding hydrogens is 244 g/mol. The summed E-state index contributed by atoms with van der Waals surface area (Å²) in [5.41, 5.74) is 1.58. The standard InChI is InChI=1S/C15H23ClN2/c1-15(2)8-9-18(11-12(15)10-17-3)14-7-5-4-6-13(14)16/h4-7,12,17H,8-11H2,1-3H3. The van der Waals surface area contributed by atoms with Crippen LogP contribution in [0.2, 0.25) is 5.02 Å². The third-order valence-corrected chi connectivity index (χ3v) is 4.54. The Labute approximate surface area is 115 Å². The van der Waals surface area contributed by atoms with E-state index in [1.165, 1.54) is 12.1 Å². The molecule has 1 atom stereocenters. The van der Waals surface area contributed by atoms with Crippen molar-refractivity contribution in [3.63, 3.8) is 0 Å². The summed E-state index contributed by atoms with van der Waals surface area (Å²) in [4.78, 5) is 2.43. The Morgan fingerprint density at radius 2 is 2.11 bits per heavy atom. The van der Waals surface area contributed by atoms with Crippen LogP contribution in [0.1, 0.15) is 20.3 Å². The Balaban J connectivity index is 2.16. The van der Waals surface area contributed by atoms with Crippen molar-refractivity contribution in [2.24, 2.45) is 11.3 Å². The number of hydrogen-bond donors (Lipinski definition) is 1. The number of rotatable bonds is 3. The van der Waals surface area contributed by atoms with Gasteiger partial charge >= 0.3 is 0 Å². The lowest BCUT2D eigenvalue weighted by atomic mass is 9.73. The maximum absolute atomic E-state index is 6.30. The lowest BCUT2D eigenvalue weighted by Crippen LogP contribution is -2.48. The SMILES string of the molecule is CNCC1CN(c2ccccc2Cl)CCC1(C)C. The van der Waals surface area contributed by atoms with Gasteiger partial charge in [0.2, 0.25) is 0 Å². The van der Waals surface area contributed by atoms with Crippen LogP contribution >= 0.6 is 11.6 Å². The molecule has 100 valence electrons. The van der Waals surface area contributed by atoms with E-state index in [4.69, 9.17) is 11.6 Å². The van der Waals surface area contributed by atoms with Gasteiger partial charge < -0.3 is 10.2 Å². The summed E-state index contributed by atoms with van der Waals surface area (Å²) in [6, 6.07) is 8.15. The van der Waals surface area contributed by atoms with E-state index in [1.807, 2.05) is 19.2 Å². The Kier molecular flexibility index (Phi) is 4.18. The van der Waals surface area contributed by atoms with E-state index in [-0.39, 0.29) is 0 Å². The van der Waals surface area contributed by atoms with Crippen molar-refractivity contribution in [3.05, 3.63) is 29.3 Å². The van der Waals surface area contributed by atoms with Gasteiger partial charge in [-0.15, -0.1) is 0 Å². The molecule has 0 aromatic heterocycles. The molecule has 1 saturated heterocycles. The van der Waals surface area contributed by atoms with Crippen molar-refractivity contribution in [2.45, 2.75) is 20.3 Å². The Morgan fingerprint density at radius 3 is 2.78 bits per heavy atom. The molecule has 18 heavy (non-hydrogen) atoms. The number of anilines is 1. The van der Waals surface area contributed by atoms with Crippen molar-refractivity contribution in [1.29, 1.82) is 0 Å². The molecule has 2 nitrogen and oxygen atoms in total. The molecule has 1 unspecified atom stereocenters. The number of nitrogens with one attached hydrogen (secondary N) is 1. The zero-order valence-electron chi connectivity index (χ0n) is 11.5. The molecule has 1 aliphatic rings. The first-order valence-corrected chi connectivity index (χ1v) is 7.06. The number of nitrogens with zero attached hydrogens (tertiary/aromatic N) is 1. The average molecular weight is 267 g/mol. The van der Waals surface area contributed by atoms with E-state index in [2.05, 4.69) is 36.2 Å². The molecule has 0 radical (unpaired) electrons. The third kappa shape index (κ3) is 2.81. The fraction of sp³-hybridized carbons (Fsp3) is 0.600. The highest BCUT2D eigenvalue weighted by atomic mass is 35.5. The first-order valence-electron chi connectivity index (χ1n) is 6.68. The second-order valence-corrected chi connectivity index (χ2v) is 6.30. The molecule has 1 N–H and O–H groups in total. The topological polar surface area (TPSA) is 15.3 Å². The fourth-order valence-electron chi connectivity index (χ4n) is 2.75. The van der Waals surface area contributed by atoms with Crippen molar-refractivity contribution < 1.29 is 0 Å². The Morgan fingerprint density at radius 1 is 1.39 bits per heavy atom. The van der Waals surface area contributed by atoms with E-state index in [0.717, 1.165) is 24.7 Å². The fourth-order valence-corrected chi connectivity index (χ4v) is 3.00. The molecule has 0 amide bonds. The molecular formula is C15H23ClN2. The lowest BCUT2D eigenvalue weighted by Gasteiger charge is -2.45. The highest BCUT2D eigenvalue weighted by molar-refractivity contribution is 6.33. The van der Waals surface area contributed by atoms with E-state index in [9.17, 15) is 0 Å². The van der Waals surface area contributed by atoms with E-state index in [1.54, 1.807) is 0 Å². The second-order valence-electron chi connectivity index (χ2n) is 5.89. The van der Waals surface area contributed by atoms with Crippen LogP contribution in [0, 0.1) is 11.3 Å². The van der Waals surface area contributed by atoms with Gasteiger partial charge in [0.25, 0.3) is 0 Å². The maximum atomic E-state index is 6.30. The Bertz CT molecular complexity index is 403. The van der Waals surface area contributed by atoms with Gasteiger partial charge in [0.05, 0.1) is 10.7 Å². The highest BCUT2D eigenvalue weighted by Gasteiger charge is 2.35. The summed E-state index contributed by atoms with van der Waals surface area (Å²) >= 11 is 6.30. The summed E-state index contributed by atoms with van der Waals surface area (Å²) in [5, 5.41) is 4.18. The van der Waals surface area contributed by atoms with Crippen LogP contribution in [-0.2, 0) is 0 Å². The quantitative estimate of drug-likeness (QED) is 0.902. The van der Waals surface area contributed by atoms with Gasteiger partial charge in [0.15, 0.2) is 0 Å². The summed E-state index contributed by atoms with van der Waals surface area (Å²) in [6.07, 6.45) is 1.21. The zero-order valence-corrected chi connectivity index (χ0v) is 12.3. The molecule has 0 spiro atoms. The van der Waals surface area contributed by atoms with Crippen molar-refractivity contribution in [2.75, 3.05) is 31.6 Å². The predicted molar refractivity (Wildman–Crippen MR) is 79.5 cm³/mol. The van der Waals surface area contributed by atoms with E-state index >= 15 is 0 Å². The second kappa shape index (κ2) is 5.50. The van der Waals surface area contributed by atoms with Crippen molar-refractivity contribution >= 4 is 17.3 Å². The van der Waals surface area contributed by atoms with Gasteiger partial charge in [-0.25, -0.2) is 0 Å². The van der Waals surface area contributed by atoms with Crippen LogP contribution in [0.5, 0.6) is 0 Å². The first kappa shape index (κ1) is 13.7. The molecule has 1 aromatic rings. The van der Waals surface area contributed by atoms with Gasteiger partial charge in [-0.1, -0.05) is 37.6 Å². The minimum Gasteiger partial charge on any atom is -0.370 e. The molecule has 3 heteroatoms. The molecule has 1 aromatic carbocycles. The number of benzene rings is 1. The molecule has 1 fully saturated rings. The average Bonchev–Trinajstić information content (AvgIpc) is 2.33. The number of hydrogen-bond acceptors (Lipinski definition) is 2. The maximum Gasteiger partial charge on any atom is 0.0639 e. The number of halogens is 1. The van der Waals surface area contributed by atoms with Crippen LogP contribution in [0.4, 0.5) is 5.69 Å². The molecule has 0 bridgehead atoms. The minimum absolute atomic E-state index is 0.404. The van der Waals surface area contributed by atoms with Crippen LogP contribution in [-0.4, -0.2) is 26.7 Å². The zero-order chi connectivity index (χ0) is 13.2. The number of para-hydroxylation sites is 1. The normalized spacial score (nSPS) is 23.1. The number of piperidine rings is 1. The highest BCUT2D eigenvalue weighted by Crippen LogP contribution is 2.38. The smallest absolute Gasteiger partial charge is 0.0639 e. The Hall–Kier alpha value is -0.730. The van der Waals surface area contributed by atoms with E-state index in [0.29, 0.717) is 11.3 Å². The summed E-state index contributed by atoms with van der Waals surface area (Å²) in [7, 11) is 2.03. The minimum atomic E-state index is 0.404. The summed E-state index contributed by atoms with van der Waals surface area (Å²) in [6.45, 7) is 7.99. The monoisotopic (exact) mass is 266 g/mol. The summed E-state index contributed by atoms with van der Waals surface area (Å²) < 4.78 is 0. The molecule has 1 aliphatic heterocycles. The summed E-state index contributed by atoms with van der Waals surface area (Å²) in [5.74, 6) is 0.660. The van der Waals surface area contributed by atoms with Gasteiger partial charge in [-0.05, 0) is 43.5 Å². The largest absolute Gasteiger partial charge is 0.370 e. The van der Waals surface area contributed by atoms with Crippen LogP contribution in [0.3, 0.4) is 0 Å². The lowest BCUT2D eigenvalue weighted by molar-refractivity contribution is 0.169. The predicted octanol–water partition coefficient (Wildman–Crippen LogP) is 3.41. The molecule has 2 rings (SSSR count). The third-order valence-electron chi connectivity index (χ3n) is 4.22. The molecule has 0 saturated carbocycles. The van der Waals surface area contributed by atoms with E-state index < -0.39 is 0 Å². The molecule has 1 heterocycles. The van der Waals surface area contributed by atoms with Crippen molar-refractivity contribution in [1.82, 2.24) is 5.32 Å². The van der Waals surface area contributed by atoms with Crippen LogP contribution < -0.4 is 10.2 Å². The first-order chi connectivity index (χ1) is 8.54. The van der Waals surface area contributed by atoms with Crippen LogP contribution in [0.25, 0.3) is 0 Å². The van der Waals surface area contributed by atoms with Gasteiger partial charge in [-0.2, -0.15) is 0 Å².